The number of ether oxygens (including phenoxy) is 1. The molecule has 2 rings (SSSR count). The highest BCUT2D eigenvalue weighted by atomic mass is 79.9. The van der Waals surface area contributed by atoms with Crippen molar-refractivity contribution in [2.24, 2.45) is 0 Å². The molecule has 0 amide bonds. The van der Waals surface area contributed by atoms with Crippen LogP contribution in [0.1, 0.15) is 11.9 Å². The minimum absolute atomic E-state index is 0.365. The highest BCUT2D eigenvalue weighted by molar-refractivity contribution is 9.10. The Kier molecular flexibility index (Phi) is 4.79. The molecular formula is C11H11BrClN3OS. The summed E-state index contributed by atoms with van der Waals surface area (Å²) in [5, 5.41) is 13.3. The van der Waals surface area contributed by atoms with Gasteiger partial charge in [-0.25, -0.2) is 0 Å². The quantitative estimate of drug-likeness (QED) is 0.888. The van der Waals surface area contributed by atoms with E-state index < -0.39 is 0 Å². The molecule has 0 fully saturated rings. The van der Waals surface area contributed by atoms with Crippen LogP contribution in [0, 0.1) is 0 Å². The molecule has 96 valence electrons. The lowest BCUT2D eigenvalue weighted by atomic mass is 10.3. The topological polar surface area (TPSA) is 47.0 Å². The average molecular weight is 349 g/mol. The number of rotatable bonds is 5. The minimum atomic E-state index is 0.365. The first-order valence-electron chi connectivity index (χ1n) is 5.33. The molecule has 1 aromatic carbocycles. The summed E-state index contributed by atoms with van der Waals surface area (Å²) in [4.78, 5) is 0. The third-order valence-corrected chi connectivity index (χ3v) is 3.68. The van der Waals surface area contributed by atoms with Crippen LogP contribution >= 0.6 is 38.9 Å². The Labute approximate surface area is 122 Å². The molecule has 0 spiro atoms. The number of halogens is 2. The van der Waals surface area contributed by atoms with E-state index in [1.807, 2.05) is 19.1 Å². The maximum atomic E-state index is 6.05. The van der Waals surface area contributed by atoms with Gasteiger partial charge in [0.2, 0.25) is 5.13 Å². The SMILES string of the molecule is CCNc1nnc(COc2ccc(Br)cc2Cl)s1. The van der Waals surface area contributed by atoms with E-state index in [0.717, 1.165) is 21.2 Å². The number of hydrogen-bond donors (Lipinski definition) is 1. The molecule has 0 aliphatic heterocycles. The third kappa shape index (κ3) is 3.57. The van der Waals surface area contributed by atoms with E-state index in [1.54, 1.807) is 6.07 Å². The maximum absolute atomic E-state index is 6.05. The van der Waals surface area contributed by atoms with Crippen molar-refractivity contribution >= 4 is 44.0 Å². The van der Waals surface area contributed by atoms with Crippen molar-refractivity contribution in [3.05, 3.63) is 32.7 Å². The fourth-order valence-electron chi connectivity index (χ4n) is 1.27. The van der Waals surface area contributed by atoms with Gasteiger partial charge in [-0.1, -0.05) is 38.9 Å². The summed E-state index contributed by atoms with van der Waals surface area (Å²) in [5.41, 5.74) is 0. The Hall–Kier alpha value is -0.850. The van der Waals surface area contributed by atoms with Crippen LogP contribution in [-0.4, -0.2) is 16.7 Å². The molecule has 1 aromatic heterocycles. The van der Waals surface area contributed by atoms with Crippen molar-refractivity contribution in [1.82, 2.24) is 10.2 Å². The van der Waals surface area contributed by atoms with Gasteiger partial charge in [0.1, 0.15) is 12.4 Å². The Bertz CT molecular complexity index is 535. The molecule has 0 bridgehead atoms. The van der Waals surface area contributed by atoms with E-state index in [2.05, 4.69) is 31.4 Å². The fraction of sp³-hybridized carbons (Fsp3) is 0.273. The molecule has 0 aliphatic carbocycles. The van der Waals surface area contributed by atoms with Gasteiger partial charge in [0, 0.05) is 11.0 Å². The number of anilines is 1. The van der Waals surface area contributed by atoms with Crippen molar-refractivity contribution in [2.45, 2.75) is 13.5 Å². The fourth-order valence-corrected chi connectivity index (χ4v) is 2.72. The Morgan fingerprint density at radius 2 is 2.28 bits per heavy atom. The number of hydrogen-bond acceptors (Lipinski definition) is 5. The summed E-state index contributed by atoms with van der Waals surface area (Å²) in [6.45, 7) is 3.21. The van der Waals surface area contributed by atoms with Crippen molar-refractivity contribution in [3.8, 4) is 5.75 Å². The van der Waals surface area contributed by atoms with Crippen LogP contribution in [0.25, 0.3) is 0 Å². The molecule has 0 saturated heterocycles. The molecule has 0 saturated carbocycles. The standard InChI is InChI=1S/C11H11BrClN3OS/c1-2-14-11-16-15-10(18-11)6-17-9-4-3-7(12)5-8(9)13/h3-5H,2,6H2,1H3,(H,14,16). The van der Waals surface area contributed by atoms with E-state index in [0.29, 0.717) is 17.4 Å². The van der Waals surface area contributed by atoms with Crippen LogP contribution in [0.15, 0.2) is 22.7 Å². The van der Waals surface area contributed by atoms with Crippen LogP contribution < -0.4 is 10.1 Å². The van der Waals surface area contributed by atoms with Crippen LogP contribution in [0.5, 0.6) is 5.75 Å². The average Bonchev–Trinajstić information content (AvgIpc) is 2.76. The van der Waals surface area contributed by atoms with Gasteiger partial charge in [-0.15, -0.1) is 10.2 Å². The van der Waals surface area contributed by atoms with Crippen LogP contribution in [0.3, 0.4) is 0 Å². The Balaban J connectivity index is 1.97. The van der Waals surface area contributed by atoms with Gasteiger partial charge in [-0.2, -0.15) is 0 Å². The largest absolute Gasteiger partial charge is 0.485 e. The molecule has 4 nitrogen and oxygen atoms in total. The van der Waals surface area contributed by atoms with Crippen LogP contribution in [-0.2, 0) is 6.61 Å². The van der Waals surface area contributed by atoms with Gasteiger partial charge in [0.25, 0.3) is 0 Å². The van der Waals surface area contributed by atoms with Gasteiger partial charge in [0.05, 0.1) is 5.02 Å². The van der Waals surface area contributed by atoms with Gasteiger partial charge >= 0.3 is 0 Å². The molecule has 1 N–H and O–H groups in total. The minimum Gasteiger partial charge on any atom is -0.485 e. The molecule has 0 radical (unpaired) electrons. The highest BCUT2D eigenvalue weighted by Crippen LogP contribution is 2.28. The molecule has 0 unspecified atom stereocenters. The summed E-state index contributed by atoms with van der Waals surface area (Å²) >= 11 is 10.9. The first kappa shape index (κ1) is 13.6. The predicted octanol–water partition coefficient (Wildman–Crippen LogP) is 3.96. The molecule has 18 heavy (non-hydrogen) atoms. The normalized spacial score (nSPS) is 10.4. The highest BCUT2D eigenvalue weighted by Gasteiger charge is 2.06. The summed E-state index contributed by atoms with van der Waals surface area (Å²) in [6, 6.07) is 5.49. The summed E-state index contributed by atoms with van der Waals surface area (Å²) in [5.74, 6) is 0.639. The summed E-state index contributed by atoms with van der Waals surface area (Å²) in [6.07, 6.45) is 0. The van der Waals surface area contributed by atoms with Gasteiger partial charge in [0.15, 0.2) is 5.01 Å². The molecular weight excluding hydrogens is 338 g/mol. The molecule has 2 aromatic rings. The number of aromatic nitrogens is 2. The first-order valence-corrected chi connectivity index (χ1v) is 7.32. The van der Waals surface area contributed by atoms with Crippen molar-refractivity contribution in [2.75, 3.05) is 11.9 Å². The Morgan fingerprint density at radius 1 is 1.44 bits per heavy atom. The monoisotopic (exact) mass is 347 g/mol. The summed E-state index contributed by atoms with van der Waals surface area (Å²) < 4.78 is 6.52. The molecule has 7 heteroatoms. The zero-order valence-electron chi connectivity index (χ0n) is 9.61. The van der Waals surface area contributed by atoms with Crippen LogP contribution in [0.4, 0.5) is 5.13 Å². The third-order valence-electron chi connectivity index (χ3n) is 2.04. The molecule has 0 atom stereocenters. The summed E-state index contributed by atoms with van der Waals surface area (Å²) in [7, 11) is 0. The smallest absolute Gasteiger partial charge is 0.205 e. The van der Waals surface area contributed by atoms with Crippen molar-refractivity contribution in [3.63, 3.8) is 0 Å². The number of nitrogens with zero attached hydrogens (tertiary/aromatic N) is 2. The molecule has 1 heterocycles. The molecule has 0 aliphatic rings. The Morgan fingerprint density at radius 3 is 3.00 bits per heavy atom. The predicted molar refractivity (Wildman–Crippen MR) is 77.6 cm³/mol. The van der Waals surface area contributed by atoms with Gasteiger partial charge in [-0.3, -0.25) is 0 Å². The van der Waals surface area contributed by atoms with Crippen molar-refractivity contribution in [1.29, 1.82) is 0 Å². The second kappa shape index (κ2) is 6.36. The van der Waals surface area contributed by atoms with Gasteiger partial charge < -0.3 is 10.1 Å². The number of nitrogens with one attached hydrogen (secondary N) is 1. The van der Waals surface area contributed by atoms with Gasteiger partial charge in [-0.05, 0) is 25.1 Å². The van der Waals surface area contributed by atoms with Crippen LogP contribution in [0.2, 0.25) is 5.02 Å². The van der Waals surface area contributed by atoms with E-state index in [4.69, 9.17) is 16.3 Å². The zero-order chi connectivity index (χ0) is 13.0. The van der Waals surface area contributed by atoms with Crippen molar-refractivity contribution < 1.29 is 4.74 Å². The second-order valence-electron chi connectivity index (χ2n) is 3.39. The zero-order valence-corrected chi connectivity index (χ0v) is 12.8. The first-order chi connectivity index (χ1) is 8.69. The lowest BCUT2D eigenvalue weighted by molar-refractivity contribution is 0.304. The van der Waals surface area contributed by atoms with E-state index in [1.165, 1.54) is 11.3 Å². The number of benzene rings is 1. The maximum Gasteiger partial charge on any atom is 0.205 e. The van der Waals surface area contributed by atoms with E-state index >= 15 is 0 Å². The van der Waals surface area contributed by atoms with E-state index in [9.17, 15) is 0 Å². The second-order valence-corrected chi connectivity index (χ2v) is 5.78. The van der Waals surface area contributed by atoms with E-state index in [-0.39, 0.29) is 0 Å². The lowest BCUT2D eigenvalue weighted by Crippen LogP contribution is -1.95. The lowest BCUT2D eigenvalue weighted by Gasteiger charge is -2.05.